The van der Waals surface area contributed by atoms with E-state index in [0.29, 0.717) is 11.2 Å². The third-order valence-corrected chi connectivity index (χ3v) is 10.5. The molecule has 35 heavy (non-hydrogen) atoms. The molecule has 188 valence electrons. The second kappa shape index (κ2) is 8.89. The Morgan fingerprint density at radius 3 is 2.89 bits per heavy atom. The molecule has 1 aliphatic heterocycles. The average molecular weight is 474 g/mol. The number of hydrogen-bond donors (Lipinski definition) is 0. The van der Waals surface area contributed by atoms with Crippen LogP contribution < -0.4 is 4.74 Å². The zero-order valence-electron chi connectivity index (χ0n) is 22.1. The van der Waals surface area contributed by atoms with Gasteiger partial charge in [0.05, 0.1) is 7.11 Å². The minimum absolute atomic E-state index is 0.118. The van der Waals surface area contributed by atoms with E-state index in [4.69, 9.17) is 9.73 Å². The summed E-state index contributed by atoms with van der Waals surface area (Å²) in [5.74, 6) is 4.36. The van der Waals surface area contributed by atoms with Gasteiger partial charge in [-0.2, -0.15) is 0 Å². The molecule has 1 spiro atoms. The van der Waals surface area contributed by atoms with Gasteiger partial charge in [0.2, 0.25) is 0 Å². The Morgan fingerprint density at radius 2 is 2.06 bits per heavy atom. The molecule has 0 N–H and O–H groups in total. The van der Waals surface area contributed by atoms with Crippen molar-refractivity contribution in [1.82, 2.24) is 0 Å². The maximum atomic E-state index is 13.8. The second-order valence-electron chi connectivity index (χ2n) is 12.8. The Morgan fingerprint density at radius 1 is 1.17 bits per heavy atom. The van der Waals surface area contributed by atoms with Crippen molar-refractivity contribution in [2.24, 2.45) is 39.5 Å². The summed E-state index contributed by atoms with van der Waals surface area (Å²) in [5.41, 5.74) is 6.23. The van der Waals surface area contributed by atoms with Crippen molar-refractivity contribution in [1.29, 1.82) is 0 Å². The molecule has 1 heterocycles. The fraction of sp³-hybridized carbons (Fsp3) is 0.688. The van der Waals surface area contributed by atoms with Crippen LogP contribution in [-0.4, -0.2) is 25.1 Å². The minimum Gasteiger partial charge on any atom is -0.497 e. The van der Waals surface area contributed by atoms with Gasteiger partial charge in [-0.25, -0.2) is 0 Å². The number of rotatable bonds is 11. The highest BCUT2D eigenvalue weighted by atomic mass is 16.5. The van der Waals surface area contributed by atoms with E-state index >= 15 is 0 Å². The zero-order valence-corrected chi connectivity index (χ0v) is 22.1. The van der Waals surface area contributed by atoms with E-state index in [9.17, 15) is 4.79 Å². The van der Waals surface area contributed by atoms with Crippen LogP contribution in [0.2, 0.25) is 0 Å². The number of fused-ring (bicyclic) bond motifs is 2. The van der Waals surface area contributed by atoms with Gasteiger partial charge in [0.1, 0.15) is 11.5 Å². The molecular weight excluding hydrogens is 430 g/mol. The number of Topliss-reactive ketones (excluding diaryl/α,β-unsaturated/α-hetero) is 1. The summed E-state index contributed by atoms with van der Waals surface area (Å²) >= 11 is 0. The van der Waals surface area contributed by atoms with Gasteiger partial charge in [0, 0.05) is 12.5 Å². The number of carbonyl (C=O) groups excluding carboxylic acids is 1. The predicted octanol–water partition coefficient (Wildman–Crippen LogP) is 7.38. The van der Waals surface area contributed by atoms with Crippen molar-refractivity contribution in [3.63, 3.8) is 0 Å². The number of carbonyl (C=O) groups is 1. The van der Waals surface area contributed by atoms with Gasteiger partial charge in [-0.1, -0.05) is 38.0 Å². The molecule has 4 aliphatic carbocycles. The van der Waals surface area contributed by atoms with E-state index < -0.39 is 0 Å². The average Bonchev–Trinajstić information content (AvgIpc) is 3.73. The van der Waals surface area contributed by atoms with Gasteiger partial charge in [0.25, 0.3) is 0 Å². The van der Waals surface area contributed by atoms with E-state index in [0.717, 1.165) is 86.1 Å². The summed E-state index contributed by atoms with van der Waals surface area (Å²) in [4.78, 5) is 18.7. The predicted molar refractivity (Wildman–Crippen MR) is 142 cm³/mol. The van der Waals surface area contributed by atoms with E-state index in [2.05, 4.69) is 32.0 Å². The Labute approximate surface area is 211 Å². The largest absolute Gasteiger partial charge is 0.497 e. The molecule has 1 aromatic rings. The van der Waals surface area contributed by atoms with E-state index in [1.807, 2.05) is 6.07 Å². The van der Waals surface area contributed by atoms with Crippen LogP contribution >= 0.6 is 0 Å². The molecule has 5 aliphatic rings. The lowest BCUT2D eigenvalue weighted by molar-refractivity contribution is -0.116. The zero-order chi connectivity index (χ0) is 24.2. The normalized spacial score (nSPS) is 35.2. The number of dihydropyridines is 1. The molecule has 2 bridgehead atoms. The topological polar surface area (TPSA) is 38.7 Å². The first-order valence-electron chi connectivity index (χ1n) is 14.4. The number of aryl methyl sites for hydroxylation is 1. The van der Waals surface area contributed by atoms with Crippen LogP contribution in [0.1, 0.15) is 90.0 Å². The monoisotopic (exact) mass is 473 g/mol. The van der Waals surface area contributed by atoms with Crippen LogP contribution in [0.25, 0.3) is 0 Å². The minimum atomic E-state index is 0.118. The van der Waals surface area contributed by atoms with Crippen LogP contribution in [0.15, 0.2) is 40.4 Å². The molecule has 4 fully saturated rings. The highest BCUT2D eigenvalue weighted by molar-refractivity contribution is 6.47. The summed E-state index contributed by atoms with van der Waals surface area (Å²) in [5, 5.41) is 0. The summed E-state index contributed by atoms with van der Waals surface area (Å²) in [7, 11) is 1.73. The SMILES string of the molecule is CCCC1=C(CCCc2cccc(OC)c2)CCN=C1C(=O)C(C)C[C@]12CC3C[C@@H]4CC4(C3)C1C2. The molecular formula is C32H43NO2. The van der Waals surface area contributed by atoms with Gasteiger partial charge in [0.15, 0.2) is 5.78 Å². The smallest absolute Gasteiger partial charge is 0.183 e. The number of nitrogens with zero attached hydrogens (tertiary/aromatic N) is 1. The van der Waals surface area contributed by atoms with Crippen molar-refractivity contribution in [3.8, 4) is 5.75 Å². The Hall–Kier alpha value is -1.90. The Balaban J connectivity index is 1.12. The number of methoxy groups -OCH3 is 1. The van der Waals surface area contributed by atoms with Crippen molar-refractivity contribution < 1.29 is 9.53 Å². The van der Waals surface area contributed by atoms with Crippen molar-refractivity contribution >= 4 is 11.5 Å². The molecule has 0 radical (unpaired) electrons. The molecule has 0 amide bonds. The molecule has 0 saturated heterocycles. The fourth-order valence-electron chi connectivity index (χ4n) is 9.02. The molecule has 3 heteroatoms. The van der Waals surface area contributed by atoms with E-state index in [1.165, 1.54) is 48.8 Å². The molecule has 6 atom stereocenters. The second-order valence-corrected chi connectivity index (χ2v) is 12.8. The maximum Gasteiger partial charge on any atom is 0.183 e. The maximum absolute atomic E-state index is 13.8. The first-order valence-corrected chi connectivity index (χ1v) is 14.4. The summed E-state index contributed by atoms with van der Waals surface area (Å²) in [6, 6.07) is 8.41. The summed E-state index contributed by atoms with van der Waals surface area (Å²) < 4.78 is 5.39. The summed E-state index contributed by atoms with van der Waals surface area (Å²) in [6.45, 7) is 5.24. The molecule has 4 unspecified atom stereocenters. The number of allylic oxidation sites excluding steroid dienone is 1. The van der Waals surface area contributed by atoms with Crippen LogP contribution in [0.3, 0.4) is 0 Å². The van der Waals surface area contributed by atoms with Crippen LogP contribution in [0.5, 0.6) is 5.75 Å². The lowest BCUT2D eigenvalue weighted by Crippen LogP contribution is -2.31. The molecule has 6 rings (SSSR count). The molecule has 1 aromatic carbocycles. The first kappa shape index (κ1) is 23.5. The third-order valence-electron chi connectivity index (χ3n) is 10.5. The molecule has 4 saturated carbocycles. The van der Waals surface area contributed by atoms with Gasteiger partial charge in [-0.05, 0) is 122 Å². The lowest BCUT2D eigenvalue weighted by Gasteiger charge is -2.32. The number of ketones is 1. The van der Waals surface area contributed by atoms with Crippen LogP contribution in [0.4, 0.5) is 0 Å². The van der Waals surface area contributed by atoms with Crippen molar-refractivity contribution in [2.75, 3.05) is 13.7 Å². The number of aliphatic imine (C=N–C) groups is 1. The fourth-order valence-corrected chi connectivity index (χ4v) is 9.02. The quantitative estimate of drug-likeness (QED) is 0.336. The van der Waals surface area contributed by atoms with Gasteiger partial charge < -0.3 is 4.74 Å². The number of benzene rings is 1. The van der Waals surface area contributed by atoms with Gasteiger partial charge in [-0.3, -0.25) is 9.79 Å². The third kappa shape index (κ3) is 4.11. The Kier molecular flexibility index (Phi) is 5.97. The van der Waals surface area contributed by atoms with Gasteiger partial charge >= 0.3 is 0 Å². The van der Waals surface area contributed by atoms with E-state index in [1.54, 1.807) is 7.11 Å². The standard InChI is InChI=1S/C32H43NO2/c1-4-7-27-24(10-5-8-22-9-6-11-26(15-22)35-3)12-13-33-29(27)30(34)21(2)16-31-17-23-14-25-19-32(25,18-23)28(31)20-31/h6,9,11,15,21,23,25,28H,4-5,7-8,10,12-14,16-20H2,1-3H3/t21?,23?,25-,28?,31-,32?/m1/s1. The number of hydrogen-bond acceptors (Lipinski definition) is 3. The molecule has 3 nitrogen and oxygen atoms in total. The lowest BCUT2D eigenvalue weighted by atomic mass is 9.72. The summed E-state index contributed by atoms with van der Waals surface area (Å²) in [6.07, 6.45) is 14.8. The van der Waals surface area contributed by atoms with Crippen molar-refractivity contribution in [3.05, 3.63) is 41.0 Å². The highest BCUT2D eigenvalue weighted by Crippen LogP contribution is 2.85. The molecule has 0 aromatic heterocycles. The van der Waals surface area contributed by atoms with Gasteiger partial charge in [-0.15, -0.1) is 0 Å². The van der Waals surface area contributed by atoms with E-state index in [-0.39, 0.29) is 5.92 Å². The highest BCUT2D eigenvalue weighted by Gasteiger charge is 2.77. The van der Waals surface area contributed by atoms with Crippen LogP contribution in [-0.2, 0) is 11.2 Å². The van der Waals surface area contributed by atoms with Crippen LogP contribution in [0, 0.1) is 34.5 Å². The number of ether oxygens (including phenoxy) is 1. The first-order chi connectivity index (χ1) is 17.0. The van der Waals surface area contributed by atoms with Crippen molar-refractivity contribution in [2.45, 2.75) is 90.9 Å². The Bertz CT molecular complexity index is 1070.